The van der Waals surface area contributed by atoms with Gasteiger partial charge in [0.2, 0.25) is 0 Å². The monoisotopic (exact) mass is 331 g/mol. The van der Waals surface area contributed by atoms with Crippen LogP contribution in [0.1, 0.15) is 46.7 Å². The molecular weight excluding hydrogens is 314 g/mol. The van der Waals surface area contributed by atoms with E-state index in [0.29, 0.717) is 31.4 Å². The number of hydrogen-bond acceptors (Lipinski definition) is 5. The summed E-state index contributed by atoms with van der Waals surface area (Å²) in [4.78, 5) is 33.3. The molecule has 2 aliphatic rings. The molecule has 0 spiro atoms. The van der Waals surface area contributed by atoms with E-state index in [-0.39, 0.29) is 23.3 Å². The van der Waals surface area contributed by atoms with Crippen molar-refractivity contribution in [2.24, 2.45) is 0 Å². The van der Waals surface area contributed by atoms with Crippen LogP contribution in [-0.4, -0.2) is 40.5 Å². The van der Waals surface area contributed by atoms with Gasteiger partial charge >= 0.3 is 0 Å². The van der Waals surface area contributed by atoms with Crippen LogP contribution in [0.3, 0.4) is 0 Å². The van der Waals surface area contributed by atoms with Crippen molar-refractivity contribution >= 4 is 17.2 Å². The molecule has 6 nitrogen and oxygen atoms in total. The van der Waals surface area contributed by atoms with Gasteiger partial charge in [-0.05, 0) is 35.2 Å². The normalized spacial score (nSPS) is 21.4. The lowest BCUT2D eigenvalue weighted by molar-refractivity contribution is -0.0228. The van der Waals surface area contributed by atoms with E-state index in [1.165, 1.54) is 6.07 Å². The molecule has 120 valence electrons. The summed E-state index contributed by atoms with van der Waals surface area (Å²) in [5.41, 5.74) is 1.07. The first kappa shape index (κ1) is 14.6. The Morgan fingerprint density at radius 1 is 1.43 bits per heavy atom. The summed E-state index contributed by atoms with van der Waals surface area (Å²) >= 11 is 1.61. The molecule has 1 N–H and O–H groups in total. The lowest BCUT2D eigenvalue weighted by atomic mass is 10.1. The average Bonchev–Trinajstić information content (AvgIpc) is 3.28. The number of carbonyl (C=O) groups is 1. The van der Waals surface area contributed by atoms with Gasteiger partial charge < -0.3 is 14.6 Å². The number of rotatable bonds is 3. The van der Waals surface area contributed by atoms with Crippen LogP contribution in [0.15, 0.2) is 27.7 Å². The number of amides is 1. The number of thiophene rings is 1. The van der Waals surface area contributed by atoms with Gasteiger partial charge in [-0.2, -0.15) is 11.3 Å². The van der Waals surface area contributed by atoms with Crippen LogP contribution in [0.2, 0.25) is 0 Å². The molecule has 1 unspecified atom stereocenters. The molecule has 1 aliphatic carbocycles. The lowest BCUT2D eigenvalue weighted by Gasteiger charge is -2.32. The van der Waals surface area contributed by atoms with E-state index in [2.05, 4.69) is 9.97 Å². The number of ether oxygens (including phenoxy) is 1. The Kier molecular flexibility index (Phi) is 3.74. The largest absolute Gasteiger partial charge is 0.370 e. The smallest absolute Gasteiger partial charge is 0.272 e. The van der Waals surface area contributed by atoms with Crippen molar-refractivity contribution in [3.63, 3.8) is 0 Å². The van der Waals surface area contributed by atoms with Crippen molar-refractivity contribution in [3.05, 3.63) is 50.3 Å². The maximum atomic E-state index is 12.7. The second kappa shape index (κ2) is 5.90. The number of morpholine rings is 1. The van der Waals surface area contributed by atoms with Crippen LogP contribution in [0.4, 0.5) is 0 Å². The Morgan fingerprint density at radius 3 is 3.04 bits per heavy atom. The second-order valence-corrected chi connectivity index (χ2v) is 6.74. The van der Waals surface area contributed by atoms with Gasteiger partial charge in [0.1, 0.15) is 17.6 Å². The third-order valence-corrected chi connectivity index (χ3v) is 4.91. The summed E-state index contributed by atoms with van der Waals surface area (Å²) in [6, 6.07) is 3.31. The zero-order valence-corrected chi connectivity index (χ0v) is 13.3. The molecule has 2 fully saturated rings. The molecule has 0 aromatic carbocycles. The molecule has 1 atom stereocenters. The highest BCUT2D eigenvalue weighted by atomic mass is 32.1. The third kappa shape index (κ3) is 3.07. The van der Waals surface area contributed by atoms with Gasteiger partial charge in [0.15, 0.2) is 0 Å². The maximum absolute atomic E-state index is 12.7. The van der Waals surface area contributed by atoms with Crippen LogP contribution in [0, 0.1) is 0 Å². The summed E-state index contributed by atoms with van der Waals surface area (Å²) in [5.74, 6) is 0.753. The molecule has 2 aromatic heterocycles. The van der Waals surface area contributed by atoms with Crippen LogP contribution >= 0.6 is 11.3 Å². The number of nitrogens with one attached hydrogen (secondary N) is 1. The van der Waals surface area contributed by atoms with Crippen LogP contribution in [0.5, 0.6) is 0 Å². The fraction of sp³-hybridized carbons (Fsp3) is 0.438. The van der Waals surface area contributed by atoms with Gasteiger partial charge in [0.25, 0.3) is 11.5 Å². The molecule has 4 rings (SSSR count). The summed E-state index contributed by atoms with van der Waals surface area (Å²) in [7, 11) is 0. The number of hydrogen-bond donors (Lipinski definition) is 1. The Morgan fingerprint density at radius 2 is 2.30 bits per heavy atom. The van der Waals surface area contributed by atoms with E-state index in [4.69, 9.17) is 4.74 Å². The van der Waals surface area contributed by atoms with Gasteiger partial charge in [0.05, 0.1) is 13.2 Å². The maximum Gasteiger partial charge on any atom is 0.272 e. The molecule has 0 bridgehead atoms. The van der Waals surface area contributed by atoms with E-state index in [9.17, 15) is 9.59 Å². The molecule has 1 aliphatic heterocycles. The van der Waals surface area contributed by atoms with Gasteiger partial charge in [-0.25, -0.2) is 4.98 Å². The third-order valence-electron chi connectivity index (χ3n) is 4.21. The Hall–Kier alpha value is -1.99. The molecule has 2 aromatic rings. The Balaban J connectivity index is 1.55. The minimum Gasteiger partial charge on any atom is -0.370 e. The average molecular weight is 331 g/mol. The van der Waals surface area contributed by atoms with Crippen LogP contribution in [0.25, 0.3) is 0 Å². The highest BCUT2D eigenvalue weighted by Crippen LogP contribution is 2.37. The number of H-pyrrole nitrogens is 1. The zero-order chi connectivity index (χ0) is 15.8. The number of carbonyl (C=O) groups excluding carboxylic acids is 1. The molecule has 1 saturated carbocycles. The lowest BCUT2D eigenvalue weighted by Crippen LogP contribution is -2.42. The summed E-state index contributed by atoms with van der Waals surface area (Å²) < 4.78 is 5.76. The predicted octanol–water partition coefficient (Wildman–Crippen LogP) is 1.92. The van der Waals surface area contributed by atoms with Crippen molar-refractivity contribution in [2.45, 2.75) is 24.9 Å². The van der Waals surface area contributed by atoms with Crippen molar-refractivity contribution in [1.82, 2.24) is 14.9 Å². The van der Waals surface area contributed by atoms with Crippen molar-refractivity contribution < 1.29 is 9.53 Å². The van der Waals surface area contributed by atoms with Crippen LogP contribution in [-0.2, 0) is 4.74 Å². The molecular formula is C16H17N3O3S. The molecule has 7 heteroatoms. The van der Waals surface area contributed by atoms with Gasteiger partial charge in [-0.3, -0.25) is 9.59 Å². The standard InChI is InChI=1S/C16H17N3O3S/c20-14-7-12(17-15(18-14)10-1-2-10)16(21)19-4-5-22-13(8-19)11-3-6-23-9-11/h3,6-7,9-10,13H,1-2,4-5,8H2,(H,17,18,20). The fourth-order valence-electron chi connectivity index (χ4n) is 2.79. The van der Waals surface area contributed by atoms with Crippen LogP contribution < -0.4 is 5.56 Å². The molecule has 0 radical (unpaired) electrons. The number of aromatic amines is 1. The summed E-state index contributed by atoms with van der Waals surface area (Å²) in [6.07, 6.45) is 1.94. The first-order valence-electron chi connectivity index (χ1n) is 7.75. The highest BCUT2D eigenvalue weighted by molar-refractivity contribution is 7.07. The minimum atomic E-state index is -0.257. The highest BCUT2D eigenvalue weighted by Gasteiger charge is 2.30. The van der Waals surface area contributed by atoms with Gasteiger partial charge in [-0.1, -0.05) is 0 Å². The number of aromatic nitrogens is 2. The van der Waals surface area contributed by atoms with Gasteiger partial charge in [-0.15, -0.1) is 0 Å². The first-order valence-corrected chi connectivity index (χ1v) is 8.69. The van der Waals surface area contributed by atoms with E-state index in [1.807, 2.05) is 16.8 Å². The van der Waals surface area contributed by atoms with Crippen molar-refractivity contribution in [3.8, 4) is 0 Å². The fourth-order valence-corrected chi connectivity index (χ4v) is 3.49. The predicted molar refractivity (Wildman–Crippen MR) is 85.7 cm³/mol. The Bertz CT molecular complexity index is 767. The molecule has 1 saturated heterocycles. The molecule has 1 amide bonds. The topological polar surface area (TPSA) is 75.3 Å². The second-order valence-electron chi connectivity index (χ2n) is 5.96. The van der Waals surface area contributed by atoms with E-state index in [0.717, 1.165) is 18.4 Å². The van der Waals surface area contributed by atoms with E-state index >= 15 is 0 Å². The van der Waals surface area contributed by atoms with E-state index in [1.54, 1.807) is 16.2 Å². The summed E-state index contributed by atoms with van der Waals surface area (Å²) in [6.45, 7) is 1.50. The minimum absolute atomic E-state index is 0.108. The number of nitrogens with zero attached hydrogens (tertiary/aromatic N) is 2. The van der Waals surface area contributed by atoms with E-state index < -0.39 is 0 Å². The quantitative estimate of drug-likeness (QED) is 0.932. The van der Waals surface area contributed by atoms with Crippen molar-refractivity contribution in [2.75, 3.05) is 19.7 Å². The molecule has 3 heterocycles. The Labute approximate surface area is 137 Å². The SMILES string of the molecule is O=C(c1cc(=O)[nH]c(C2CC2)n1)N1CCOC(c2ccsc2)C1. The summed E-state index contributed by atoms with van der Waals surface area (Å²) in [5, 5.41) is 4.04. The van der Waals surface area contributed by atoms with Crippen molar-refractivity contribution in [1.29, 1.82) is 0 Å². The first-order chi connectivity index (χ1) is 11.2. The molecule has 23 heavy (non-hydrogen) atoms. The zero-order valence-electron chi connectivity index (χ0n) is 12.5. The van der Waals surface area contributed by atoms with Gasteiger partial charge in [0, 0.05) is 18.5 Å².